The fourth-order valence-electron chi connectivity index (χ4n) is 6.34. The summed E-state index contributed by atoms with van der Waals surface area (Å²) in [6.45, 7) is 3.75. The third kappa shape index (κ3) is 40.2. The normalized spacial score (nSPS) is 13.4. The lowest BCUT2D eigenvalue weighted by molar-refractivity contribution is -0.161. The van der Waals surface area contributed by atoms with Crippen LogP contribution >= 0.6 is 7.82 Å². The second kappa shape index (κ2) is 40.4. The molecule has 0 aromatic rings. The van der Waals surface area contributed by atoms with Gasteiger partial charge in [0.25, 0.3) is 0 Å². The van der Waals surface area contributed by atoms with E-state index in [0.29, 0.717) is 6.42 Å². The molecule has 0 aliphatic carbocycles. The molecule has 1 unspecified atom stereocenters. The van der Waals surface area contributed by atoms with Gasteiger partial charge in [-0.3, -0.25) is 18.6 Å². The van der Waals surface area contributed by atoms with Crippen LogP contribution in [0.2, 0.25) is 0 Å². The van der Waals surface area contributed by atoms with E-state index in [2.05, 4.69) is 26.0 Å². The number of unbranched alkanes of at least 4 members (excludes halogenated alkanes) is 27. The zero-order chi connectivity index (χ0) is 38.9. The lowest BCUT2D eigenvalue weighted by Gasteiger charge is -2.19. The molecule has 53 heavy (non-hydrogen) atoms. The quantitative estimate of drug-likeness (QED) is 0.0269. The zero-order valence-corrected chi connectivity index (χ0v) is 35.4. The molecule has 0 aromatic heterocycles. The van der Waals surface area contributed by atoms with Gasteiger partial charge >= 0.3 is 19.8 Å². The molecule has 3 N–H and O–H groups in total. The summed E-state index contributed by atoms with van der Waals surface area (Å²) in [6.07, 6.45) is 40.9. The maximum Gasteiger partial charge on any atom is 0.472 e. The second-order valence-corrected chi connectivity index (χ2v) is 16.4. The summed E-state index contributed by atoms with van der Waals surface area (Å²) < 4.78 is 32.8. The van der Waals surface area contributed by atoms with Crippen molar-refractivity contribution >= 4 is 19.8 Å². The van der Waals surface area contributed by atoms with E-state index in [4.69, 9.17) is 24.3 Å². The number of allylic oxidation sites excluding steroid dienone is 2. The monoisotopic (exact) mass is 774 g/mol. The van der Waals surface area contributed by atoms with Crippen LogP contribution in [0.1, 0.15) is 219 Å². The Labute approximate surface area is 326 Å². The summed E-state index contributed by atoms with van der Waals surface area (Å²) in [5, 5.41) is 0. The maximum absolute atomic E-state index is 12.6. The molecule has 9 nitrogen and oxygen atoms in total. The van der Waals surface area contributed by atoms with Gasteiger partial charge in [-0.2, -0.15) is 0 Å². The molecule has 0 rings (SSSR count). The van der Waals surface area contributed by atoms with Crippen LogP contribution in [-0.2, 0) is 32.7 Å². The number of hydrogen-bond acceptors (Lipinski definition) is 8. The van der Waals surface area contributed by atoms with Gasteiger partial charge < -0.3 is 20.1 Å². The van der Waals surface area contributed by atoms with E-state index in [0.717, 1.165) is 32.1 Å². The number of rotatable bonds is 42. The minimum atomic E-state index is -4.37. The SMILES string of the molecule is CCCCCCCC/C=C\CCCCCCCCCC(=O)OC[C@H](COP(=O)(O)OCCN)OC(=O)CCCCCCCCCCCCCCCCC. The van der Waals surface area contributed by atoms with E-state index >= 15 is 0 Å². The van der Waals surface area contributed by atoms with Crippen molar-refractivity contribution in [3.63, 3.8) is 0 Å². The first kappa shape index (κ1) is 51.8. The molecule has 314 valence electrons. The number of ether oxygens (including phenoxy) is 2. The van der Waals surface area contributed by atoms with Crippen molar-refractivity contribution in [3.8, 4) is 0 Å². The summed E-state index contributed by atoms with van der Waals surface area (Å²) >= 11 is 0. The van der Waals surface area contributed by atoms with Gasteiger partial charge in [0.05, 0.1) is 13.2 Å². The third-order valence-electron chi connectivity index (χ3n) is 9.65. The van der Waals surface area contributed by atoms with Crippen LogP contribution in [0, 0.1) is 0 Å². The molecular weight excluding hydrogens is 689 g/mol. The Morgan fingerprint density at radius 2 is 0.925 bits per heavy atom. The number of esters is 2. The molecule has 0 aliphatic heterocycles. The minimum absolute atomic E-state index is 0.0557. The minimum Gasteiger partial charge on any atom is -0.462 e. The van der Waals surface area contributed by atoms with Crippen molar-refractivity contribution < 1.29 is 37.6 Å². The molecule has 0 saturated heterocycles. The van der Waals surface area contributed by atoms with Crippen molar-refractivity contribution in [2.24, 2.45) is 5.73 Å². The molecule has 2 atom stereocenters. The van der Waals surface area contributed by atoms with Gasteiger partial charge in [0.2, 0.25) is 0 Å². The number of hydrogen-bond donors (Lipinski definition) is 2. The van der Waals surface area contributed by atoms with Crippen LogP contribution in [0.3, 0.4) is 0 Å². The Morgan fingerprint density at radius 1 is 0.547 bits per heavy atom. The molecule has 0 fully saturated rings. The van der Waals surface area contributed by atoms with Gasteiger partial charge in [-0.25, -0.2) is 4.57 Å². The Hall–Kier alpha value is -1.25. The lowest BCUT2D eigenvalue weighted by Crippen LogP contribution is -2.29. The highest BCUT2D eigenvalue weighted by atomic mass is 31.2. The van der Waals surface area contributed by atoms with Gasteiger partial charge in [-0.05, 0) is 38.5 Å². The summed E-state index contributed by atoms with van der Waals surface area (Å²) in [4.78, 5) is 34.9. The van der Waals surface area contributed by atoms with Crippen LogP contribution < -0.4 is 5.73 Å². The number of phosphoric ester groups is 1. The van der Waals surface area contributed by atoms with Crippen molar-refractivity contribution in [1.29, 1.82) is 0 Å². The maximum atomic E-state index is 12.6. The van der Waals surface area contributed by atoms with E-state index in [1.54, 1.807) is 0 Å². The first-order valence-corrected chi connectivity index (χ1v) is 23.7. The van der Waals surface area contributed by atoms with Gasteiger partial charge in [-0.15, -0.1) is 0 Å². The molecule has 0 bridgehead atoms. The van der Waals surface area contributed by atoms with Crippen LogP contribution in [-0.4, -0.2) is 49.3 Å². The first-order chi connectivity index (χ1) is 25.8. The summed E-state index contributed by atoms with van der Waals surface area (Å²) in [5.41, 5.74) is 5.35. The van der Waals surface area contributed by atoms with Crippen molar-refractivity contribution in [3.05, 3.63) is 12.2 Å². The summed E-state index contributed by atoms with van der Waals surface area (Å²) in [7, 11) is -4.37. The Kier molecular flexibility index (Phi) is 39.5. The van der Waals surface area contributed by atoms with E-state index in [1.165, 1.54) is 154 Å². The van der Waals surface area contributed by atoms with Crippen molar-refractivity contribution in [1.82, 2.24) is 0 Å². The highest BCUT2D eigenvalue weighted by molar-refractivity contribution is 7.47. The molecule has 0 aromatic carbocycles. The second-order valence-electron chi connectivity index (χ2n) is 14.9. The van der Waals surface area contributed by atoms with Gasteiger partial charge in [-0.1, -0.05) is 180 Å². The molecule has 0 radical (unpaired) electrons. The molecule has 10 heteroatoms. The molecule has 0 heterocycles. The zero-order valence-electron chi connectivity index (χ0n) is 34.5. The number of phosphoric acid groups is 1. The number of carbonyl (C=O) groups excluding carboxylic acids is 2. The molecular formula is C43H84NO8P. The molecule has 0 amide bonds. The fraction of sp³-hybridized carbons (Fsp3) is 0.907. The predicted octanol–water partition coefficient (Wildman–Crippen LogP) is 12.6. The van der Waals surface area contributed by atoms with E-state index in [1.807, 2.05) is 0 Å². The predicted molar refractivity (Wildman–Crippen MR) is 220 cm³/mol. The van der Waals surface area contributed by atoms with Crippen LogP contribution in [0.5, 0.6) is 0 Å². The van der Waals surface area contributed by atoms with E-state index in [-0.39, 0.29) is 38.6 Å². The van der Waals surface area contributed by atoms with Crippen LogP contribution in [0.4, 0.5) is 0 Å². The third-order valence-corrected chi connectivity index (χ3v) is 10.6. The van der Waals surface area contributed by atoms with Gasteiger partial charge in [0, 0.05) is 19.4 Å². The van der Waals surface area contributed by atoms with E-state index in [9.17, 15) is 19.0 Å². The summed E-state index contributed by atoms with van der Waals surface area (Å²) in [6, 6.07) is 0. The molecule has 0 saturated carbocycles. The summed E-state index contributed by atoms with van der Waals surface area (Å²) in [5.74, 6) is -0.822. The highest BCUT2D eigenvalue weighted by Crippen LogP contribution is 2.43. The average Bonchev–Trinajstić information content (AvgIpc) is 3.14. The fourth-order valence-corrected chi connectivity index (χ4v) is 7.10. The Balaban J connectivity index is 4.11. The van der Waals surface area contributed by atoms with Crippen molar-refractivity contribution in [2.45, 2.75) is 225 Å². The van der Waals surface area contributed by atoms with Crippen LogP contribution in [0.25, 0.3) is 0 Å². The van der Waals surface area contributed by atoms with Crippen molar-refractivity contribution in [2.75, 3.05) is 26.4 Å². The van der Waals surface area contributed by atoms with Gasteiger partial charge in [0.1, 0.15) is 6.61 Å². The Morgan fingerprint density at radius 3 is 1.34 bits per heavy atom. The smallest absolute Gasteiger partial charge is 0.462 e. The Bertz CT molecular complexity index is 886. The standard InChI is InChI=1S/C43H84NO8P/c1-3-5-7-9-11-13-15-17-19-20-22-23-25-27-29-31-33-35-42(45)49-39-41(40-51-53(47,48)50-38-37-44)52-43(46)36-34-32-30-28-26-24-21-18-16-14-12-10-8-6-4-2/h17,19,41H,3-16,18,20-40,44H2,1-2H3,(H,47,48)/b19-17-/t41-/m1/s1. The largest absolute Gasteiger partial charge is 0.472 e. The van der Waals surface area contributed by atoms with Crippen LogP contribution in [0.15, 0.2) is 12.2 Å². The number of nitrogens with two attached hydrogens (primary N) is 1. The topological polar surface area (TPSA) is 134 Å². The number of carbonyl (C=O) groups is 2. The van der Waals surface area contributed by atoms with E-state index < -0.39 is 26.5 Å². The highest BCUT2D eigenvalue weighted by Gasteiger charge is 2.26. The average molecular weight is 774 g/mol. The molecule has 0 aliphatic rings. The lowest BCUT2D eigenvalue weighted by atomic mass is 10.0. The molecule has 0 spiro atoms. The first-order valence-electron chi connectivity index (χ1n) is 22.2. The van der Waals surface area contributed by atoms with Gasteiger partial charge in [0.15, 0.2) is 6.10 Å².